The Hall–Kier alpha value is -3.72. The maximum atomic E-state index is 12.5. The minimum atomic E-state index is -0.214. The van der Waals surface area contributed by atoms with E-state index >= 15 is 0 Å². The van der Waals surface area contributed by atoms with E-state index in [1.807, 2.05) is 66.1 Å². The van der Waals surface area contributed by atoms with Crippen molar-refractivity contribution in [3.63, 3.8) is 0 Å². The van der Waals surface area contributed by atoms with Crippen molar-refractivity contribution in [3.8, 4) is 28.6 Å². The maximum absolute atomic E-state index is 12.5. The maximum Gasteiger partial charge on any atom is 0.231 e. The fourth-order valence-corrected chi connectivity index (χ4v) is 4.18. The lowest BCUT2D eigenvalue weighted by molar-refractivity contribution is -0.119. The molecule has 32 heavy (non-hydrogen) atoms. The summed E-state index contributed by atoms with van der Waals surface area (Å²) in [6, 6.07) is 18.9. The van der Waals surface area contributed by atoms with E-state index in [0.29, 0.717) is 28.2 Å². The van der Waals surface area contributed by atoms with Crippen molar-refractivity contribution >= 4 is 17.7 Å². The van der Waals surface area contributed by atoms with Gasteiger partial charge in [0.05, 0.1) is 18.1 Å². The Kier molecular flexibility index (Phi) is 5.55. The lowest BCUT2D eigenvalue weighted by Gasteiger charge is -2.12. The molecule has 1 N–H and O–H groups in total. The molecule has 162 valence electrons. The van der Waals surface area contributed by atoms with Gasteiger partial charge in [-0.1, -0.05) is 30.0 Å². The second-order valence-electron chi connectivity index (χ2n) is 7.14. The Labute approximate surface area is 188 Å². The molecule has 9 heteroatoms. The molecule has 0 spiro atoms. The predicted octanol–water partition coefficient (Wildman–Crippen LogP) is 4.23. The highest BCUT2D eigenvalue weighted by Crippen LogP contribution is 2.37. The van der Waals surface area contributed by atoms with Gasteiger partial charge in [0.1, 0.15) is 5.76 Å². The summed E-state index contributed by atoms with van der Waals surface area (Å²) in [5, 5.41) is 12.3. The van der Waals surface area contributed by atoms with Gasteiger partial charge in [-0.15, -0.1) is 10.2 Å². The van der Waals surface area contributed by atoms with Gasteiger partial charge in [0, 0.05) is 11.3 Å². The zero-order valence-electron chi connectivity index (χ0n) is 17.2. The first-order valence-electron chi connectivity index (χ1n) is 10.1. The average Bonchev–Trinajstić information content (AvgIpc) is 3.58. The van der Waals surface area contributed by atoms with Crippen LogP contribution >= 0.6 is 11.8 Å². The topological polar surface area (TPSA) is 91.4 Å². The number of carbonyl (C=O) groups is 1. The second-order valence-corrected chi connectivity index (χ2v) is 8.08. The zero-order chi connectivity index (χ0) is 21.9. The highest BCUT2D eigenvalue weighted by Gasteiger charge is 2.21. The van der Waals surface area contributed by atoms with Crippen molar-refractivity contribution in [1.29, 1.82) is 0 Å². The molecule has 2 aromatic carbocycles. The number of thioether (sulfide) groups is 1. The molecule has 0 saturated heterocycles. The molecule has 2 aromatic heterocycles. The Balaban J connectivity index is 1.40. The Bertz CT molecular complexity index is 1220. The van der Waals surface area contributed by atoms with Crippen molar-refractivity contribution in [2.45, 2.75) is 18.1 Å². The number of aromatic nitrogens is 3. The van der Waals surface area contributed by atoms with Crippen LogP contribution in [0.4, 0.5) is 0 Å². The molecular weight excluding hydrogens is 428 g/mol. The van der Waals surface area contributed by atoms with Crippen LogP contribution < -0.4 is 14.8 Å². The van der Waals surface area contributed by atoms with Crippen molar-refractivity contribution in [2.75, 3.05) is 12.5 Å². The molecule has 1 aliphatic heterocycles. The molecule has 4 aromatic rings. The first kappa shape index (κ1) is 20.2. The molecule has 0 bridgehead atoms. The number of fused-ring (bicyclic) bond motifs is 1. The van der Waals surface area contributed by atoms with Crippen LogP contribution in [0.1, 0.15) is 18.7 Å². The fourth-order valence-electron chi connectivity index (χ4n) is 3.42. The number of hydrogen-bond donors (Lipinski definition) is 1. The van der Waals surface area contributed by atoms with Crippen LogP contribution in [0.3, 0.4) is 0 Å². The van der Waals surface area contributed by atoms with E-state index in [2.05, 4.69) is 15.5 Å². The molecule has 0 fully saturated rings. The van der Waals surface area contributed by atoms with E-state index < -0.39 is 0 Å². The number of nitrogens with one attached hydrogen (secondary N) is 1. The van der Waals surface area contributed by atoms with Gasteiger partial charge in [0.25, 0.3) is 0 Å². The monoisotopic (exact) mass is 448 g/mol. The van der Waals surface area contributed by atoms with Crippen LogP contribution in [0.2, 0.25) is 0 Å². The minimum Gasteiger partial charge on any atom is -0.467 e. The summed E-state index contributed by atoms with van der Waals surface area (Å²) in [7, 11) is 0. The van der Waals surface area contributed by atoms with Crippen LogP contribution in [0.15, 0.2) is 76.5 Å². The summed E-state index contributed by atoms with van der Waals surface area (Å²) >= 11 is 1.32. The number of amides is 1. The van der Waals surface area contributed by atoms with Gasteiger partial charge in [-0.25, -0.2) is 0 Å². The van der Waals surface area contributed by atoms with Gasteiger partial charge in [0.15, 0.2) is 22.5 Å². The summed E-state index contributed by atoms with van der Waals surface area (Å²) in [5.41, 5.74) is 1.74. The highest BCUT2D eigenvalue weighted by molar-refractivity contribution is 7.99. The molecule has 8 nitrogen and oxygen atoms in total. The number of benzene rings is 2. The number of rotatable bonds is 7. The van der Waals surface area contributed by atoms with Crippen LogP contribution in [-0.2, 0) is 4.79 Å². The SMILES string of the molecule is C[C@H](NC(=O)CSc1nnc(-c2ccc3c(c2)OCO3)n1-c1ccccc1)c1ccco1. The smallest absolute Gasteiger partial charge is 0.231 e. The van der Waals surface area contributed by atoms with E-state index in [9.17, 15) is 4.79 Å². The summed E-state index contributed by atoms with van der Waals surface area (Å²) in [6.07, 6.45) is 1.59. The first-order valence-corrected chi connectivity index (χ1v) is 11.0. The highest BCUT2D eigenvalue weighted by atomic mass is 32.2. The van der Waals surface area contributed by atoms with Crippen LogP contribution in [0.25, 0.3) is 17.1 Å². The van der Waals surface area contributed by atoms with Gasteiger partial charge in [-0.3, -0.25) is 9.36 Å². The standard InChI is InChI=1S/C23H20N4O4S/c1-15(18-8-5-11-29-18)24-21(28)13-32-23-26-25-22(27(23)17-6-3-2-4-7-17)16-9-10-19-20(12-16)31-14-30-19/h2-12,15H,13-14H2,1H3,(H,24,28)/t15-/m0/s1. The third-order valence-electron chi connectivity index (χ3n) is 4.96. The van der Waals surface area contributed by atoms with Crippen molar-refractivity contribution in [1.82, 2.24) is 20.1 Å². The third kappa shape index (κ3) is 4.06. The van der Waals surface area contributed by atoms with Crippen LogP contribution in [-0.4, -0.2) is 33.2 Å². The van der Waals surface area contributed by atoms with Gasteiger partial charge < -0.3 is 19.2 Å². The van der Waals surface area contributed by atoms with Gasteiger partial charge >= 0.3 is 0 Å². The van der Waals surface area contributed by atoms with Gasteiger partial charge in [-0.05, 0) is 49.4 Å². The van der Waals surface area contributed by atoms with Crippen molar-refractivity contribution in [3.05, 3.63) is 72.7 Å². The largest absolute Gasteiger partial charge is 0.467 e. The Morgan fingerprint density at radius 1 is 1.09 bits per heavy atom. The predicted molar refractivity (Wildman–Crippen MR) is 119 cm³/mol. The summed E-state index contributed by atoms with van der Waals surface area (Å²) in [6.45, 7) is 2.09. The third-order valence-corrected chi connectivity index (χ3v) is 5.89. The fraction of sp³-hybridized carbons (Fsp3) is 0.174. The van der Waals surface area contributed by atoms with Gasteiger partial charge in [-0.2, -0.15) is 0 Å². The van der Waals surface area contributed by atoms with Crippen LogP contribution in [0, 0.1) is 0 Å². The van der Waals surface area contributed by atoms with E-state index in [0.717, 1.165) is 11.3 Å². The lowest BCUT2D eigenvalue weighted by atomic mass is 10.2. The molecule has 3 heterocycles. The molecule has 0 saturated carbocycles. The molecule has 1 amide bonds. The number of hydrogen-bond acceptors (Lipinski definition) is 7. The summed E-state index contributed by atoms with van der Waals surface area (Å²) in [5.74, 6) is 2.81. The minimum absolute atomic E-state index is 0.119. The number of nitrogens with zero attached hydrogens (tertiary/aromatic N) is 3. The number of carbonyl (C=O) groups excluding carboxylic acids is 1. The molecule has 1 aliphatic rings. The molecule has 0 unspecified atom stereocenters. The average molecular weight is 449 g/mol. The van der Waals surface area contributed by atoms with Crippen molar-refractivity contribution < 1.29 is 18.7 Å². The normalized spacial score (nSPS) is 13.2. The number of furan rings is 1. The van der Waals surface area contributed by atoms with Crippen LogP contribution in [0.5, 0.6) is 11.5 Å². The van der Waals surface area contributed by atoms with E-state index in [-0.39, 0.29) is 24.5 Å². The zero-order valence-corrected chi connectivity index (χ0v) is 18.0. The summed E-state index contributed by atoms with van der Waals surface area (Å²) in [4.78, 5) is 12.5. The number of para-hydroxylation sites is 1. The van der Waals surface area contributed by atoms with E-state index in [4.69, 9.17) is 13.9 Å². The molecule has 0 aliphatic carbocycles. The first-order chi connectivity index (χ1) is 15.7. The molecular formula is C23H20N4O4S. The molecule has 0 radical (unpaired) electrons. The van der Waals surface area contributed by atoms with E-state index in [1.165, 1.54) is 11.8 Å². The Morgan fingerprint density at radius 3 is 2.75 bits per heavy atom. The quantitative estimate of drug-likeness (QED) is 0.423. The lowest BCUT2D eigenvalue weighted by Crippen LogP contribution is -2.28. The molecule has 1 atom stereocenters. The molecule has 5 rings (SSSR count). The van der Waals surface area contributed by atoms with Gasteiger partial charge in [0.2, 0.25) is 12.7 Å². The Morgan fingerprint density at radius 2 is 1.94 bits per heavy atom. The number of ether oxygens (including phenoxy) is 2. The van der Waals surface area contributed by atoms with E-state index in [1.54, 1.807) is 12.3 Å². The second kappa shape index (κ2) is 8.80. The van der Waals surface area contributed by atoms with Crippen molar-refractivity contribution in [2.24, 2.45) is 0 Å². The summed E-state index contributed by atoms with van der Waals surface area (Å²) < 4.78 is 18.2.